The lowest BCUT2D eigenvalue weighted by atomic mass is 9.94. The van der Waals surface area contributed by atoms with Crippen molar-refractivity contribution in [1.82, 2.24) is 20.6 Å². The number of fused-ring (bicyclic) bond motifs is 1. The molecule has 1 aliphatic heterocycles. The van der Waals surface area contributed by atoms with Crippen LogP contribution >= 0.6 is 12.4 Å². The second-order valence-electron chi connectivity index (χ2n) is 6.14. The molecule has 0 saturated carbocycles. The molecule has 0 bridgehead atoms. The highest BCUT2D eigenvalue weighted by atomic mass is 35.5. The molecule has 2 N–H and O–H groups in total. The lowest BCUT2D eigenvalue weighted by Gasteiger charge is -2.27. The molecule has 0 saturated heterocycles. The molecule has 1 aromatic heterocycles. The highest BCUT2D eigenvalue weighted by Crippen LogP contribution is 2.22. The zero-order valence-electron chi connectivity index (χ0n) is 14.0. The molecule has 3 rings (SSSR count). The van der Waals surface area contributed by atoms with E-state index in [-0.39, 0.29) is 30.3 Å². The summed E-state index contributed by atoms with van der Waals surface area (Å²) in [6.07, 6.45) is 4.12. The lowest BCUT2D eigenvalue weighted by molar-refractivity contribution is 0.0947. The number of hydrogen-bond donors (Lipinski definition) is 2. The molecule has 1 aromatic carbocycles. The summed E-state index contributed by atoms with van der Waals surface area (Å²) in [5.74, 6) is 0.0754. The van der Waals surface area contributed by atoms with Gasteiger partial charge in [0.2, 0.25) is 0 Å². The Morgan fingerprint density at radius 3 is 2.96 bits per heavy atom. The standard InChI is InChI=1S/C18H22N4O.ClH/c1-12(2)17-15(9-19-11-22-17)18(23)21-10-16-14-6-4-3-5-13(14)7-8-20-16;/h3-6,9,11-12,16,20H,7-8,10H2,1-2H3,(H,21,23);1H. The van der Waals surface area contributed by atoms with Gasteiger partial charge in [0.25, 0.3) is 5.91 Å². The number of carbonyl (C=O) groups excluding carboxylic acids is 1. The van der Waals surface area contributed by atoms with Crippen molar-refractivity contribution in [1.29, 1.82) is 0 Å². The van der Waals surface area contributed by atoms with Crippen LogP contribution < -0.4 is 10.6 Å². The molecule has 0 aliphatic carbocycles. The number of hydrogen-bond acceptors (Lipinski definition) is 4. The van der Waals surface area contributed by atoms with Crippen molar-refractivity contribution in [3.8, 4) is 0 Å². The Balaban J connectivity index is 0.00000208. The van der Waals surface area contributed by atoms with Crippen LogP contribution in [0, 0.1) is 0 Å². The van der Waals surface area contributed by atoms with E-state index >= 15 is 0 Å². The minimum atomic E-state index is -0.112. The van der Waals surface area contributed by atoms with Crippen LogP contribution in [0.1, 0.15) is 53.0 Å². The van der Waals surface area contributed by atoms with Crippen LogP contribution in [0.5, 0.6) is 0 Å². The zero-order valence-corrected chi connectivity index (χ0v) is 14.8. The van der Waals surface area contributed by atoms with Gasteiger partial charge in [0.15, 0.2) is 0 Å². The number of nitrogens with one attached hydrogen (secondary N) is 2. The topological polar surface area (TPSA) is 66.9 Å². The molecular formula is C18H23ClN4O. The largest absolute Gasteiger partial charge is 0.350 e. The second-order valence-corrected chi connectivity index (χ2v) is 6.14. The van der Waals surface area contributed by atoms with Gasteiger partial charge < -0.3 is 10.6 Å². The highest BCUT2D eigenvalue weighted by Gasteiger charge is 2.21. The van der Waals surface area contributed by atoms with E-state index < -0.39 is 0 Å². The van der Waals surface area contributed by atoms with Crippen molar-refractivity contribution >= 4 is 18.3 Å². The van der Waals surface area contributed by atoms with Crippen molar-refractivity contribution in [2.24, 2.45) is 0 Å². The molecule has 128 valence electrons. The van der Waals surface area contributed by atoms with E-state index in [1.807, 2.05) is 19.9 Å². The Hall–Kier alpha value is -1.98. The molecule has 2 aromatic rings. The van der Waals surface area contributed by atoms with Crippen molar-refractivity contribution in [2.75, 3.05) is 13.1 Å². The number of nitrogens with zero attached hydrogens (tertiary/aromatic N) is 2. The smallest absolute Gasteiger partial charge is 0.254 e. The predicted octanol–water partition coefficient (Wildman–Crippen LogP) is 2.64. The third-order valence-corrected chi connectivity index (χ3v) is 4.22. The Morgan fingerprint density at radius 2 is 2.17 bits per heavy atom. The Bertz CT molecular complexity index is 705. The number of halogens is 1. The maximum absolute atomic E-state index is 12.5. The molecule has 0 spiro atoms. The molecule has 0 fully saturated rings. The summed E-state index contributed by atoms with van der Waals surface area (Å²) in [6, 6.07) is 8.55. The van der Waals surface area contributed by atoms with Gasteiger partial charge in [0, 0.05) is 18.8 Å². The third-order valence-electron chi connectivity index (χ3n) is 4.22. The van der Waals surface area contributed by atoms with E-state index in [4.69, 9.17) is 0 Å². The first-order chi connectivity index (χ1) is 11.2. The van der Waals surface area contributed by atoms with Gasteiger partial charge in [-0.15, -0.1) is 12.4 Å². The van der Waals surface area contributed by atoms with Gasteiger partial charge in [-0.1, -0.05) is 38.1 Å². The van der Waals surface area contributed by atoms with E-state index in [1.54, 1.807) is 6.20 Å². The number of carbonyl (C=O) groups is 1. The lowest BCUT2D eigenvalue weighted by Crippen LogP contribution is -2.39. The van der Waals surface area contributed by atoms with E-state index in [0.717, 1.165) is 18.7 Å². The monoisotopic (exact) mass is 346 g/mol. The van der Waals surface area contributed by atoms with Crippen LogP contribution in [0.2, 0.25) is 0 Å². The SMILES string of the molecule is CC(C)c1ncncc1C(=O)NCC1NCCc2ccccc21.Cl. The van der Waals surface area contributed by atoms with E-state index in [2.05, 4.69) is 38.8 Å². The fourth-order valence-electron chi connectivity index (χ4n) is 3.04. The van der Waals surface area contributed by atoms with Crippen LogP contribution in [-0.4, -0.2) is 29.0 Å². The molecule has 1 unspecified atom stereocenters. The molecule has 6 heteroatoms. The maximum atomic E-state index is 12.5. The van der Waals surface area contributed by atoms with Crippen molar-refractivity contribution < 1.29 is 4.79 Å². The average molecular weight is 347 g/mol. The van der Waals surface area contributed by atoms with Crippen LogP contribution in [0.15, 0.2) is 36.8 Å². The molecule has 0 radical (unpaired) electrons. The minimum Gasteiger partial charge on any atom is -0.350 e. The number of amides is 1. The van der Waals surface area contributed by atoms with Crippen LogP contribution in [0.3, 0.4) is 0 Å². The average Bonchev–Trinajstić information content (AvgIpc) is 2.59. The summed E-state index contributed by atoms with van der Waals surface area (Å²) in [4.78, 5) is 20.7. The Labute approximate surface area is 148 Å². The normalized spacial score (nSPS) is 16.2. The molecule has 1 amide bonds. The molecule has 1 atom stereocenters. The molecule has 5 nitrogen and oxygen atoms in total. The van der Waals surface area contributed by atoms with Gasteiger partial charge in [-0.05, 0) is 30.0 Å². The van der Waals surface area contributed by atoms with Gasteiger partial charge >= 0.3 is 0 Å². The summed E-state index contributed by atoms with van der Waals surface area (Å²) in [7, 11) is 0. The van der Waals surface area contributed by atoms with Crippen LogP contribution in [-0.2, 0) is 6.42 Å². The predicted molar refractivity (Wildman–Crippen MR) is 96.6 cm³/mol. The minimum absolute atomic E-state index is 0. The molecule has 2 heterocycles. The van der Waals surface area contributed by atoms with Gasteiger partial charge in [0.1, 0.15) is 6.33 Å². The summed E-state index contributed by atoms with van der Waals surface area (Å²) < 4.78 is 0. The fraction of sp³-hybridized carbons (Fsp3) is 0.389. The van der Waals surface area contributed by atoms with E-state index in [0.29, 0.717) is 12.1 Å². The van der Waals surface area contributed by atoms with Crippen molar-refractivity contribution in [2.45, 2.75) is 32.2 Å². The third kappa shape index (κ3) is 3.91. The van der Waals surface area contributed by atoms with Gasteiger partial charge in [-0.25, -0.2) is 9.97 Å². The van der Waals surface area contributed by atoms with Gasteiger partial charge in [0.05, 0.1) is 11.3 Å². The summed E-state index contributed by atoms with van der Waals surface area (Å²) in [5.41, 5.74) is 3.98. The second kappa shape index (κ2) is 8.22. The van der Waals surface area contributed by atoms with Crippen LogP contribution in [0.25, 0.3) is 0 Å². The highest BCUT2D eigenvalue weighted by molar-refractivity contribution is 5.95. The summed E-state index contributed by atoms with van der Waals surface area (Å²) in [5, 5.41) is 6.50. The summed E-state index contributed by atoms with van der Waals surface area (Å²) >= 11 is 0. The Morgan fingerprint density at radius 1 is 1.38 bits per heavy atom. The summed E-state index contributed by atoms with van der Waals surface area (Å²) in [6.45, 7) is 5.54. The first-order valence-corrected chi connectivity index (χ1v) is 8.06. The number of rotatable bonds is 4. The van der Waals surface area contributed by atoms with Crippen molar-refractivity contribution in [3.63, 3.8) is 0 Å². The van der Waals surface area contributed by atoms with Crippen molar-refractivity contribution in [3.05, 3.63) is 59.2 Å². The molecular weight excluding hydrogens is 324 g/mol. The molecule has 24 heavy (non-hydrogen) atoms. The maximum Gasteiger partial charge on any atom is 0.254 e. The number of aromatic nitrogens is 2. The first kappa shape index (κ1) is 18.4. The molecule has 1 aliphatic rings. The quantitative estimate of drug-likeness (QED) is 0.893. The fourth-order valence-corrected chi connectivity index (χ4v) is 3.04. The zero-order chi connectivity index (χ0) is 16.2. The van der Waals surface area contributed by atoms with Gasteiger partial charge in [-0.2, -0.15) is 0 Å². The Kier molecular flexibility index (Phi) is 6.29. The van der Waals surface area contributed by atoms with E-state index in [1.165, 1.54) is 17.5 Å². The first-order valence-electron chi connectivity index (χ1n) is 8.06. The number of benzene rings is 1. The van der Waals surface area contributed by atoms with E-state index in [9.17, 15) is 4.79 Å². The van der Waals surface area contributed by atoms with Gasteiger partial charge in [-0.3, -0.25) is 4.79 Å². The van der Waals surface area contributed by atoms with Crippen LogP contribution in [0.4, 0.5) is 0 Å².